The Bertz CT molecular complexity index is 1190. The summed E-state index contributed by atoms with van der Waals surface area (Å²) in [7, 11) is 3.45. The van der Waals surface area contributed by atoms with Crippen LogP contribution in [-0.2, 0) is 6.18 Å². The maximum absolute atomic E-state index is 14.2. The maximum Gasteiger partial charge on any atom is 0.433 e. The number of hydrogen-bond donors (Lipinski definition) is 2. The van der Waals surface area contributed by atoms with E-state index in [2.05, 4.69) is 15.6 Å². The Balaban J connectivity index is 1.40. The van der Waals surface area contributed by atoms with Gasteiger partial charge in [-0.05, 0) is 56.0 Å². The predicted molar refractivity (Wildman–Crippen MR) is 125 cm³/mol. The molecule has 34 heavy (non-hydrogen) atoms. The van der Waals surface area contributed by atoms with Gasteiger partial charge in [0.1, 0.15) is 11.5 Å². The van der Waals surface area contributed by atoms with Crippen molar-refractivity contribution in [2.75, 3.05) is 24.3 Å². The molecule has 0 spiro atoms. The van der Waals surface area contributed by atoms with Crippen LogP contribution in [0.4, 0.5) is 28.9 Å². The highest BCUT2D eigenvalue weighted by atomic mass is 19.4. The topological polar surface area (TPSA) is 57.3 Å². The first-order chi connectivity index (χ1) is 16.1. The third-order valence-electron chi connectivity index (χ3n) is 6.12. The van der Waals surface area contributed by atoms with E-state index in [1.54, 1.807) is 55.4 Å². The van der Waals surface area contributed by atoms with Crippen molar-refractivity contribution in [2.24, 2.45) is 0 Å². The molecule has 1 aliphatic rings. The number of carbonyl (C=O) groups is 1. The summed E-state index contributed by atoms with van der Waals surface area (Å²) < 4.78 is 54.2. The smallest absolute Gasteiger partial charge is 0.382 e. The second-order valence-electron chi connectivity index (χ2n) is 8.80. The molecule has 3 aromatic rings. The number of aromatic nitrogens is 1. The van der Waals surface area contributed by atoms with Gasteiger partial charge in [-0.15, -0.1) is 0 Å². The van der Waals surface area contributed by atoms with E-state index in [0.29, 0.717) is 42.4 Å². The minimum Gasteiger partial charge on any atom is -0.382 e. The molecule has 1 aliphatic carbocycles. The zero-order valence-electron chi connectivity index (χ0n) is 18.9. The van der Waals surface area contributed by atoms with Crippen molar-refractivity contribution in [3.8, 4) is 0 Å². The van der Waals surface area contributed by atoms with Crippen LogP contribution in [0.25, 0.3) is 10.9 Å². The third-order valence-corrected chi connectivity index (χ3v) is 6.12. The van der Waals surface area contributed by atoms with Gasteiger partial charge in [0, 0.05) is 42.8 Å². The molecule has 0 atom stereocenters. The molecule has 1 heterocycles. The number of alkyl halides is 3. The third kappa shape index (κ3) is 5.24. The molecule has 2 aromatic carbocycles. The number of pyridine rings is 1. The summed E-state index contributed by atoms with van der Waals surface area (Å²) in [5.41, 5.74) is 0.420. The maximum atomic E-state index is 14.2. The van der Waals surface area contributed by atoms with Crippen molar-refractivity contribution in [3.05, 3.63) is 65.6 Å². The Labute approximate surface area is 195 Å². The summed E-state index contributed by atoms with van der Waals surface area (Å²) >= 11 is 0. The molecule has 5 nitrogen and oxygen atoms in total. The number of fused-ring (bicyclic) bond motifs is 1. The average molecular weight is 475 g/mol. The molecule has 0 radical (unpaired) electrons. The second-order valence-corrected chi connectivity index (χ2v) is 8.80. The molecular formula is C25H26F4N4O. The van der Waals surface area contributed by atoms with E-state index in [1.165, 1.54) is 6.07 Å². The number of nitrogens with zero attached hydrogens (tertiary/aromatic N) is 2. The summed E-state index contributed by atoms with van der Waals surface area (Å²) in [6.45, 7) is 0. The number of benzene rings is 2. The van der Waals surface area contributed by atoms with E-state index in [0.717, 1.165) is 6.07 Å². The van der Waals surface area contributed by atoms with Crippen molar-refractivity contribution >= 4 is 28.2 Å². The van der Waals surface area contributed by atoms with E-state index in [9.17, 15) is 22.4 Å². The average Bonchev–Trinajstić information content (AvgIpc) is 2.79. The number of rotatable bonds is 5. The van der Waals surface area contributed by atoms with Crippen molar-refractivity contribution in [1.29, 1.82) is 0 Å². The monoisotopic (exact) mass is 474 g/mol. The van der Waals surface area contributed by atoms with Gasteiger partial charge >= 0.3 is 6.18 Å². The van der Waals surface area contributed by atoms with Crippen LogP contribution < -0.4 is 15.5 Å². The first-order valence-electron chi connectivity index (χ1n) is 11.1. The number of nitrogens with one attached hydrogen (secondary N) is 2. The largest absolute Gasteiger partial charge is 0.433 e. The molecule has 0 bridgehead atoms. The summed E-state index contributed by atoms with van der Waals surface area (Å²) in [4.78, 5) is 18.0. The number of amides is 1. The quantitative estimate of drug-likeness (QED) is 0.472. The zero-order valence-corrected chi connectivity index (χ0v) is 18.9. The van der Waals surface area contributed by atoms with Crippen LogP contribution in [0.1, 0.15) is 41.7 Å². The lowest BCUT2D eigenvalue weighted by Gasteiger charge is -2.31. The molecule has 9 heteroatoms. The molecule has 0 aliphatic heterocycles. The SMILES string of the molecule is CN(C)c1ccc(C(=O)NC2CCC(Nc3cc(C(F)(F)F)nc4ccccc34)CC2)cc1F. The van der Waals surface area contributed by atoms with Gasteiger partial charge in [0.15, 0.2) is 0 Å². The van der Waals surface area contributed by atoms with Crippen LogP contribution in [0.5, 0.6) is 0 Å². The molecular weight excluding hydrogens is 448 g/mol. The summed E-state index contributed by atoms with van der Waals surface area (Å²) in [5, 5.41) is 6.84. The van der Waals surface area contributed by atoms with Crippen LogP contribution in [0.3, 0.4) is 0 Å². The molecule has 0 saturated heterocycles. The van der Waals surface area contributed by atoms with Crippen LogP contribution in [0.15, 0.2) is 48.5 Å². The lowest BCUT2D eigenvalue weighted by atomic mass is 9.90. The van der Waals surface area contributed by atoms with Crippen LogP contribution >= 0.6 is 0 Å². The van der Waals surface area contributed by atoms with Gasteiger partial charge in [-0.2, -0.15) is 13.2 Å². The highest BCUT2D eigenvalue weighted by molar-refractivity contribution is 5.95. The normalized spacial score (nSPS) is 18.5. The fourth-order valence-electron chi connectivity index (χ4n) is 4.32. The number of carbonyl (C=O) groups excluding carboxylic acids is 1. The van der Waals surface area contributed by atoms with E-state index >= 15 is 0 Å². The van der Waals surface area contributed by atoms with E-state index in [4.69, 9.17) is 0 Å². The van der Waals surface area contributed by atoms with Crippen LogP contribution in [-0.4, -0.2) is 37.1 Å². The first-order valence-corrected chi connectivity index (χ1v) is 11.1. The lowest BCUT2D eigenvalue weighted by Crippen LogP contribution is -2.40. The van der Waals surface area contributed by atoms with Crippen molar-refractivity contribution < 1.29 is 22.4 Å². The van der Waals surface area contributed by atoms with Crippen molar-refractivity contribution in [2.45, 2.75) is 43.9 Å². The van der Waals surface area contributed by atoms with Crippen LogP contribution in [0, 0.1) is 5.82 Å². The Morgan fingerprint density at radius 1 is 1.00 bits per heavy atom. The fourth-order valence-corrected chi connectivity index (χ4v) is 4.32. The zero-order chi connectivity index (χ0) is 24.5. The minimum atomic E-state index is -4.54. The Hall–Kier alpha value is -3.36. The molecule has 1 fully saturated rings. The molecule has 180 valence electrons. The fraction of sp³-hybridized carbons (Fsp3) is 0.360. The lowest BCUT2D eigenvalue weighted by molar-refractivity contribution is -0.140. The van der Waals surface area contributed by atoms with Gasteiger partial charge in [0.2, 0.25) is 0 Å². The van der Waals surface area contributed by atoms with Crippen molar-refractivity contribution in [1.82, 2.24) is 10.3 Å². The number of anilines is 2. The Kier molecular flexibility index (Phi) is 6.63. The summed E-state index contributed by atoms with van der Waals surface area (Å²) in [5.74, 6) is -0.802. The number of halogens is 4. The first kappa shape index (κ1) is 23.8. The Morgan fingerprint density at radius 2 is 1.68 bits per heavy atom. The Morgan fingerprint density at radius 3 is 2.32 bits per heavy atom. The predicted octanol–water partition coefficient (Wildman–Crippen LogP) is 5.61. The molecule has 0 unspecified atom stereocenters. The van der Waals surface area contributed by atoms with Gasteiger partial charge in [-0.25, -0.2) is 9.37 Å². The minimum absolute atomic E-state index is 0.0307. The highest BCUT2D eigenvalue weighted by Crippen LogP contribution is 2.34. The second kappa shape index (κ2) is 9.48. The van der Waals surface area contributed by atoms with Gasteiger partial charge in [0.05, 0.1) is 11.2 Å². The van der Waals surface area contributed by atoms with Gasteiger partial charge in [-0.1, -0.05) is 18.2 Å². The van der Waals surface area contributed by atoms with Gasteiger partial charge < -0.3 is 15.5 Å². The molecule has 1 saturated carbocycles. The molecule has 1 aromatic heterocycles. The van der Waals surface area contributed by atoms with E-state index < -0.39 is 17.7 Å². The van der Waals surface area contributed by atoms with E-state index in [1.807, 2.05) is 0 Å². The highest BCUT2D eigenvalue weighted by Gasteiger charge is 2.34. The van der Waals surface area contributed by atoms with Gasteiger partial charge in [0.25, 0.3) is 5.91 Å². The van der Waals surface area contributed by atoms with Crippen LogP contribution in [0.2, 0.25) is 0 Å². The summed E-state index contributed by atoms with van der Waals surface area (Å²) in [6.07, 6.45) is -1.85. The standard InChI is InChI=1S/C25H26F4N4O/c1-33(2)22-12-7-15(13-19(22)26)24(34)31-17-10-8-16(9-11-17)30-21-14-23(25(27,28)29)32-20-6-4-3-5-18(20)21/h3-7,12-14,16-17H,8-11H2,1-2H3,(H,30,32)(H,31,34). The van der Waals surface area contributed by atoms with Crippen molar-refractivity contribution in [3.63, 3.8) is 0 Å². The molecule has 4 rings (SSSR count). The number of para-hydroxylation sites is 1. The van der Waals surface area contributed by atoms with E-state index in [-0.39, 0.29) is 29.1 Å². The number of hydrogen-bond acceptors (Lipinski definition) is 4. The molecule has 2 N–H and O–H groups in total. The summed E-state index contributed by atoms with van der Waals surface area (Å²) in [6, 6.07) is 12.1. The van der Waals surface area contributed by atoms with Gasteiger partial charge in [-0.3, -0.25) is 4.79 Å². The molecule has 1 amide bonds.